The summed E-state index contributed by atoms with van der Waals surface area (Å²) in [6.07, 6.45) is 5.28. The van der Waals surface area contributed by atoms with Gasteiger partial charge in [0.05, 0.1) is 17.8 Å². The third-order valence-corrected chi connectivity index (χ3v) is 7.63. The van der Waals surface area contributed by atoms with E-state index in [2.05, 4.69) is 15.2 Å². The molecule has 8 heteroatoms. The van der Waals surface area contributed by atoms with Crippen molar-refractivity contribution in [1.29, 1.82) is 0 Å². The average Bonchev–Trinajstić information content (AvgIpc) is 3.25. The monoisotopic (exact) mass is 460 g/mol. The number of likely N-dealkylation sites (tertiary alicyclic amines) is 1. The zero-order chi connectivity index (χ0) is 23.2. The number of carbonyl (C=O) groups excluding carboxylic acids is 1. The molecule has 1 saturated carbocycles. The minimum Gasteiger partial charge on any atom is -0.451 e. The third-order valence-electron chi connectivity index (χ3n) is 7.63. The van der Waals surface area contributed by atoms with Gasteiger partial charge >= 0.3 is 0 Å². The summed E-state index contributed by atoms with van der Waals surface area (Å²) in [6.45, 7) is 1.44. The van der Waals surface area contributed by atoms with Crippen LogP contribution in [0.15, 0.2) is 64.3 Å². The lowest BCUT2D eigenvalue weighted by molar-refractivity contribution is -0.128. The van der Waals surface area contributed by atoms with Gasteiger partial charge in [0.15, 0.2) is 6.39 Å². The van der Waals surface area contributed by atoms with Gasteiger partial charge in [-0.3, -0.25) is 14.5 Å². The van der Waals surface area contributed by atoms with Crippen LogP contribution in [0, 0.1) is 17.8 Å². The van der Waals surface area contributed by atoms with E-state index in [1.165, 1.54) is 6.39 Å². The van der Waals surface area contributed by atoms with Gasteiger partial charge in [-0.2, -0.15) is 0 Å². The number of hydrogen-bond acceptors (Lipinski definition) is 6. The average molecular weight is 461 g/mol. The van der Waals surface area contributed by atoms with E-state index < -0.39 is 6.04 Å². The molecule has 1 aliphatic carbocycles. The van der Waals surface area contributed by atoms with Crippen molar-refractivity contribution in [3.8, 4) is 11.1 Å². The lowest BCUT2D eigenvalue weighted by Gasteiger charge is -2.30. The van der Waals surface area contributed by atoms with Crippen LogP contribution in [0.25, 0.3) is 11.1 Å². The molecular weight excluding hydrogens is 432 g/mol. The van der Waals surface area contributed by atoms with E-state index in [1.54, 1.807) is 6.26 Å². The Morgan fingerprint density at radius 1 is 1.18 bits per heavy atom. The molecule has 6 rings (SSSR count). The minimum atomic E-state index is -0.492. The minimum absolute atomic E-state index is 0.0362. The first-order chi connectivity index (χ1) is 16.7. The first kappa shape index (κ1) is 21.3. The van der Waals surface area contributed by atoms with Gasteiger partial charge in [0.25, 0.3) is 5.56 Å². The molecule has 0 unspecified atom stereocenters. The number of aliphatic hydroxyl groups excluding tert-OH is 1. The summed E-state index contributed by atoms with van der Waals surface area (Å²) in [5.74, 6) is 0.179. The maximum absolute atomic E-state index is 13.5. The SMILES string of the molecule is O=C(NCC1CC1)[C@H]1[C@H](CO)[C@H]2Cn3c(ccc(-c4ccccc4)c3=O)[C@H]2N1Cc1cocn1. The van der Waals surface area contributed by atoms with Gasteiger partial charge < -0.3 is 19.4 Å². The van der Waals surface area contributed by atoms with Crippen LogP contribution >= 0.6 is 0 Å². The summed E-state index contributed by atoms with van der Waals surface area (Å²) in [4.78, 5) is 33.2. The van der Waals surface area contributed by atoms with Gasteiger partial charge in [-0.15, -0.1) is 0 Å². The van der Waals surface area contributed by atoms with Gasteiger partial charge in [0, 0.05) is 49.3 Å². The van der Waals surface area contributed by atoms with E-state index in [1.807, 2.05) is 47.0 Å². The van der Waals surface area contributed by atoms with Gasteiger partial charge in [-0.05, 0) is 36.5 Å². The Kier molecular flexibility index (Phi) is 5.34. The lowest BCUT2D eigenvalue weighted by Crippen LogP contribution is -2.48. The molecule has 0 radical (unpaired) electrons. The fourth-order valence-corrected chi connectivity index (χ4v) is 5.80. The number of nitrogens with zero attached hydrogens (tertiary/aromatic N) is 3. The zero-order valence-electron chi connectivity index (χ0n) is 18.8. The Bertz CT molecular complexity index is 1240. The quantitative estimate of drug-likeness (QED) is 0.561. The molecule has 34 heavy (non-hydrogen) atoms. The molecule has 0 spiro atoms. The van der Waals surface area contributed by atoms with Crippen molar-refractivity contribution >= 4 is 5.91 Å². The molecule has 1 amide bonds. The summed E-state index contributed by atoms with van der Waals surface area (Å²) >= 11 is 0. The molecule has 2 fully saturated rings. The number of fused-ring (bicyclic) bond motifs is 3. The fraction of sp³-hybridized carbons (Fsp3) is 0.423. The smallest absolute Gasteiger partial charge is 0.258 e. The molecular formula is C26H28N4O4. The number of aromatic nitrogens is 2. The molecule has 8 nitrogen and oxygen atoms in total. The Balaban J connectivity index is 1.39. The van der Waals surface area contributed by atoms with Crippen LogP contribution in [0.5, 0.6) is 0 Å². The highest BCUT2D eigenvalue weighted by atomic mass is 16.3. The Morgan fingerprint density at radius 3 is 2.71 bits per heavy atom. The Labute approximate surface area is 197 Å². The number of aliphatic hydroxyl groups is 1. The van der Waals surface area contributed by atoms with Crippen LogP contribution in [0.1, 0.15) is 30.3 Å². The Hall–Kier alpha value is -3.23. The van der Waals surface area contributed by atoms with Crippen molar-refractivity contribution in [1.82, 2.24) is 19.8 Å². The molecule has 0 bridgehead atoms. The van der Waals surface area contributed by atoms with Crippen molar-refractivity contribution in [3.05, 3.63) is 76.9 Å². The molecule has 1 aromatic carbocycles. The fourth-order valence-electron chi connectivity index (χ4n) is 5.80. The first-order valence-electron chi connectivity index (χ1n) is 12.0. The molecule has 4 atom stereocenters. The second-order valence-corrected chi connectivity index (χ2v) is 9.69. The van der Waals surface area contributed by atoms with E-state index in [0.717, 1.165) is 29.8 Å². The second-order valence-electron chi connectivity index (χ2n) is 9.69. The number of carbonyl (C=O) groups is 1. The largest absolute Gasteiger partial charge is 0.451 e. The molecule has 2 N–H and O–H groups in total. The number of oxazole rings is 1. The summed E-state index contributed by atoms with van der Waals surface area (Å²) in [5, 5.41) is 13.5. The highest BCUT2D eigenvalue weighted by Gasteiger charge is 2.55. The molecule has 3 aromatic rings. The van der Waals surface area contributed by atoms with Crippen LogP contribution in [-0.2, 0) is 17.9 Å². The normalized spacial score (nSPS) is 25.8. The maximum Gasteiger partial charge on any atom is 0.258 e. The van der Waals surface area contributed by atoms with Crippen molar-refractivity contribution in [2.24, 2.45) is 17.8 Å². The number of benzene rings is 1. The van der Waals surface area contributed by atoms with Crippen LogP contribution < -0.4 is 10.9 Å². The number of pyridine rings is 1. The lowest BCUT2D eigenvalue weighted by atomic mass is 9.88. The van der Waals surface area contributed by atoms with E-state index in [0.29, 0.717) is 31.1 Å². The van der Waals surface area contributed by atoms with E-state index in [9.17, 15) is 14.7 Å². The van der Waals surface area contributed by atoms with Crippen LogP contribution in [0.2, 0.25) is 0 Å². The Morgan fingerprint density at radius 2 is 2.00 bits per heavy atom. The van der Waals surface area contributed by atoms with Crippen LogP contribution in [0.3, 0.4) is 0 Å². The number of amides is 1. The highest BCUT2D eigenvalue weighted by molar-refractivity contribution is 5.83. The summed E-state index contributed by atoms with van der Waals surface area (Å²) in [7, 11) is 0. The standard InChI is InChI=1S/C26H28N4O4/c31-13-21-20-12-29-22(9-8-19(26(29)33)17-4-2-1-3-5-17)23(20)30(11-18-14-34-15-28-18)24(21)25(32)27-10-16-6-7-16/h1-5,8-9,14-16,20-21,23-24,31H,6-7,10-13H2,(H,27,32)/t20-,21-,23+,24-/m1/s1. The number of nitrogens with one attached hydrogen (secondary N) is 1. The maximum atomic E-state index is 13.5. The highest BCUT2D eigenvalue weighted by Crippen LogP contribution is 2.50. The van der Waals surface area contributed by atoms with Gasteiger partial charge in [-0.1, -0.05) is 30.3 Å². The summed E-state index contributed by atoms with van der Waals surface area (Å²) in [6, 6.07) is 12.9. The topological polar surface area (TPSA) is 101 Å². The van der Waals surface area contributed by atoms with Gasteiger partial charge in [0.2, 0.25) is 5.91 Å². The molecule has 176 valence electrons. The number of rotatable bonds is 7. The molecule has 4 heterocycles. The van der Waals surface area contributed by atoms with Gasteiger partial charge in [-0.25, -0.2) is 4.98 Å². The second kappa shape index (κ2) is 8.52. The van der Waals surface area contributed by atoms with E-state index in [4.69, 9.17) is 4.42 Å². The van der Waals surface area contributed by atoms with Crippen molar-refractivity contribution in [3.63, 3.8) is 0 Å². The molecule has 1 saturated heterocycles. The zero-order valence-corrected chi connectivity index (χ0v) is 18.8. The molecule has 3 aliphatic rings. The van der Waals surface area contributed by atoms with Crippen LogP contribution in [-0.4, -0.2) is 44.7 Å². The van der Waals surface area contributed by atoms with Crippen LogP contribution in [0.4, 0.5) is 0 Å². The predicted molar refractivity (Wildman–Crippen MR) is 125 cm³/mol. The summed E-state index contributed by atoms with van der Waals surface area (Å²) < 4.78 is 7.01. The third kappa shape index (κ3) is 3.58. The van der Waals surface area contributed by atoms with Crippen molar-refractivity contribution in [2.75, 3.05) is 13.2 Å². The first-order valence-corrected chi connectivity index (χ1v) is 12.0. The molecule has 2 aromatic heterocycles. The molecule has 2 aliphatic heterocycles. The number of hydrogen-bond donors (Lipinski definition) is 2. The van der Waals surface area contributed by atoms with Crippen molar-refractivity contribution < 1.29 is 14.3 Å². The predicted octanol–water partition coefficient (Wildman–Crippen LogP) is 2.19. The van der Waals surface area contributed by atoms with Gasteiger partial charge in [0.1, 0.15) is 6.26 Å². The summed E-state index contributed by atoms with van der Waals surface area (Å²) in [5.41, 5.74) is 3.11. The van der Waals surface area contributed by atoms with E-state index >= 15 is 0 Å². The van der Waals surface area contributed by atoms with E-state index in [-0.39, 0.29) is 36.0 Å². The van der Waals surface area contributed by atoms with Crippen molar-refractivity contribution in [2.45, 2.75) is 38.0 Å².